The van der Waals surface area contributed by atoms with Gasteiger partial charge in [-0.05, 0) is 56.2 Å². The minimum absolute atomic E-state index is 0.262. The maximum atomic E-state index is 12.5. The number of nitrogens with one attached hydrogen (secondary N) is 1. The maximum Gasteiger partial charge on any atom is 0.420 e. The zero-order valence-electron chi connectivity index (χ0n) is 13.3. The number of aryl methyl sites for hydroxylation is 2. The molecule has 0 saturated heterocycles. The molecule has 23 heavy (non-hydrogen) atoms. The molecule has 1 aromatic heterocycles. The number of carbonyl (C=O) groups is 1. The third-order valence-electron chi connectivity index (χ3n) is 4.06. The lowest BCUT2D eigenvalue weighted by molar-refractivity contribution is -0.118. The highest BCUT2D eigenvalue weighted by Gasteiger charge is 2.21. The van der Waals surface area contributed by atoms with Gasteiger partial charge in [0.15, 0.2) is 5.58 Å². The second-order valence-corrected chi connectivity index (χ2v) is 5.67. The number of carbonyl (C=O) groups excluding carboxylic acids is 1. The first kappa shape index (κ1) is 15.1. The largest absolute Gasteiger partial charge is 0.420 e. The summed E-state index contributed by atoms with van der Waals surface area (Å²) >= 11 is 0. The standard InChI is InChI=1S/C18H18N2O3/c1-11-8-9-14(10-12(11)2)19-17(21)13(3)20-15-6-4-5-7-16(15)23-18(20)22/h4-10,13H,1-3H3,(H,19,21). The lowest BCUT2D eigenvalue weighted by atomic mass is 10.1. The number of oxazole rings is 1. The Morgan fingerprint density at radius 2 is 1.87 bits per heavy atom. The quantitative estimate of drug-likeness (QED) is 0.806. The van der Waals surface area contributed by atoms with Crippen LogP contribution in [0.1, 0.15) is 24.1 Å². The van der Waals surface area contributed by atoms with E-state index in [-0.39, 0.29) is 5.91 Å². The third kappa shape index (κ3) is 2.77. The van der Waals surface area contributed by atoms with E-state index in [0.29, 0.717) is 16.8 Å². The van der Waals surface area contributed by atoms with E-state index in [9.17, 15) is 9.59 Å². The Hall–Kier alpha value is -2.82. The highest BCUT2D eigenvalue weighted by molar-refractivity contribution is 5.94. The topological polar surface area (TPSA) is 64.2 Å². The molecule has 118 valence electrons. The monoisotopic (exact) mass is 310 g/mol. The van der Waals surface area contributed by atoms with Gasteiger partial charge < -0.3 is 9.73 Å². The van der Waals surface area contributed by atoms with E-state index in [1.165, 1.54) is 4.57 Å². The molecule has 3 aromatic rings. The maximum absolute atomic E-state index is 12.5. The molecule has 0 radical (unpaired) electrons. The Bertz CT molecular complexity index is 937. The molecular formula is C18H18N2O3. The number of hydrogen-bond acceptors (Lipinski definition) is 3. The number of anilines is 1. The molecule has 2 aromatic carbocycles. The van der Waals surface area contributed by atoms with Crippen LogP contribution < -0.4 is 11.1 Å². The summed E-state index contributed by atoms with van der Waals surface area (Å²) in [6.45, 7) is 5.68. The molecule has 3 rings (SSSR count). The predicted octanol–water partition coefficient (Wildman–Crippen LogP) is 3.41. The molecule has 0 bridgehead atoms. The molecule has 0 spiro atoms. The fourth-order valence-electron chi connectivity index (χ4n) is 2.53. The number of benzene rings is 2. The number of rotatable bonds is 3. The molecule has 0 saturated carbocycles. The van der Waals surface area contributed by atoms with Gasteiger partial charge in [0.25, 0.3) is 0 Å². The van der Waals surface area contributed by atoms with Crippen molar-refractivity contribution in [1.29, 1.82) is 0 Å². The van der Waals surface area contributed by atoms with Crippen LogP contribution in [0.3, 0.4) is 0 Å². The van der Waals surface area contributed by atoms with Gasteiger partial charge in [-0.2, -0.15) is 0 Å². The summed E-state index contributed by atoms with van der Waals surface area (Å²) in [6.07, 6.45) is 0. The number of amides is 1. The highest BCUT2D eigenvalue weighted by atomic mass is 16.4. The highest BCUT2D eigenvalue weighted by Crippen LogP contribution is 2.19. The normalized spacial score (nSPS) is 12.3. The Morgan fingerprint density at radius 3 is 2.61 bits per heavy atom. The lowest BCUT2D eigenvalue weighted by Gasteiger charge is -2.14. The second kappa shape index (κ2) is 5.76. The van der Waals surface area contributed by atoms with Crippen molar-refractivity contribution >= 4 is 22.7 Å². The first-order valence-corrected chi connectivity index (χ1v) is 7.45. The Labute approximate surface area is 133 Å². The van der Waals surface area contributed by atoms with Gasteiger partial charge in [0.2, 0.25) is 5.91 Å². The van der Waals surface area contributed by atoms with Crippen LogP contribution in [0.2, 0.25) is 0 Å². The average molecular weight is 310 g/mol. The van der Waals surface area contributed by atoms with Crippen molar-refractivity contribution in [3.63, 3.8) is 0 Å². The van der Waals surface area contributed by atoms with Crippen molar-refractivity contribution in [3.05, 3.63) is 64.1 Å². The van der Waals surface area contributed by atoms with Gasteiger partial charge in [-0.25, -0.2) is 4.79 Å². The van der Waals surface area contributed by atoms with Crippen molar-refractivity contribution in [1.82, 2.24) is 4.57 Å². The van der Waals surface area contributed by atoms with E-state index >= 15 is 0 Å². The first-order valence-electron chi connectivity index (χ1n) is 7.45. The summed E-state index contributed by atoms with van der Waals surface area (Å²) in [5, 5.41) is 2.85. The molecule has 0 aliphatic rings. The Morgan fingerprint density at radius 1 is 1.13 bits per heavy atom. The molecule has 1 heterocycles. The summed E-state index contributed by atoms with van der Waals surface area (Å²) in [5.41, 5.74) is 4.06. The van der Waals surface area contributed by atoms with Crippen LogP contribution in [0.4, 0.5) is 5.69 Å². The molecule has 1 unspecified atom stereocenters. The predicted molar refractivity (Wildman–Crippen MR) is 89.7 cm³/mol. The number of fused-ring (bicyclic) bond motifs is 1. The summed E-state index contributed by atoms with van der Waals surface area (Å²) < 4.78 is 6.55. The van der Waals surface area contributed by atoms with Crippen LogP contribution >= 0.6 is 0 Å². The minimum Gasteiger partial charge on any atom is -0.408 e. The number of hydrogen-bond donors (Lipinski definition) is 1. The Balaban J connectivity index is 1.91. The van der Waals surface area contributed by atoms with Crippen LogP contribution in [-0.4, -0.2) is 10.5 Å². The van der Waals surface area contributed by atoms with Crippen LogP contribution in [0.25, 0.3) is 11.1 Å². The van der Waals surface area contributed by atoms with Gasteiger partial charge in [-0.3, -0.25) is 9.36 Å². The summed E-state index contributed by atoms with van der Waals surface area (Å²) in [4.78, 5) is 24.5. The average Bonchev–Trinajstić information content (AvgIpc) is 2.86. The SMILES string of the molecule is Cc1ccc(NC(=O)C(C)n2c(=O)oc3ccccc32)cc1C. The molecule has 1 atom stereocenters. The van der Waals surface area contributed by atoms with Crippen molar-refractivity contribution in [2.75, 3.05) is 5.32 Å². The van der Waals surface area contributed by atoms with Gasteiger partial charge in [0.05, 0.1) is 5.52 Å². The first-order chi connectivity index (χ1) is 11.0. The van der Waals surface area contributed by atoms with Crippen LogP contribution in [0, 0.1) is 13.8 Å². The summed E-state index contributed by atoms with van der Waals surface area (Å²) in [7, 11) is 0. The lowest BCUT2D eigenvalue weighted by Crippen LogP contribution is -2.29. The van der Waals surface area contributed by atoms with E-state index in [4.69, 9.17) is 4.42 Å². The van der Waals surface area contributed by atoms with E-state index in [2.05, 4.69) is 5.32 Å². The second-order valence-electron chi connectivity index (χ2n) is 5.67. The van der Waals surface area contributed by atoms with Gasteiger partial charge in [0.1, 0.15) is 6.04 Å². The van der Waals surface area contributed by atoms with Gasteiger partial charge in [0, 0.05) is 5.69 Å². The van der Waals surface area contributed by atoms with Crippen molar-refractivity contribution in [2.24, 2.45) is 0 Å². The van der Waals surface area contributed by atoms with E-state index in [1.807, 2.05) is 38.1 Å². The van der Waals surface area contributed by atoms with Crippen molar-refractivity contribution in [2.45, 2.75) is 26.8 Å². The van der Waals surface area contributed by atoms with Gasteiger partial charge in [-0.15, -0.1) is 0 Å². The third-order valence-corrected chi connectivity index (χ3v) is 4.06. The van der Waals surface area contributed by atoms with Crippen LogP contribution in [0.15, 0.2) is 51.7 Å². The summed E-state index contributed by atoms with van der Waals surface area (Å²) in [6, 6.07) is 12.1. The zero-order valence-corrected chi connectivity index (χ0v) is 13.3. The molecule has 1 amide bonds. The van der Waals surface area contributed by atoms with E-state index in [0.717, 1.165) is 11.1 Å². The molecule has 5 heteroatoms. The smallest absolute Gasteiger partial charge is 0.408 e. The van der Waals surface area contributed by atoms with E-state index < -0.39 is 11.8 Å². The molecule has 0 aliphatic carbocycles. The van der Waals surface area contributed by atoms with Crippen molar-refractivity contribution < 1.29 is 9.21 Å². The fraction of sp³-hybridized carbons (Fsp3) is 0.222. The molecule has 0 aliphatic heterocycles. The van der Waals surface area contributed by atoms with E-state index in [1.54, 1.807) is 25.1 Å². The fourth-order valence-corrected chi connectivity index (χ4v) is 2.53. The molecule has 1 N–H and O–H groups in total. The van der Waals surface area contributed by atoms with Gasteiger partial charge >= 0.3 is 5.76 Å². The summed E-state index contributed by atoms with van der Waals surface area (Å²) in [5.74, 6) is -0.796. The minimum atomic E-state index is -0.673. The van der Waals surface area contributed by atoms with Gasteiger partial charge in [-0.1, -0.05) is 18.2 Å². The molecule has 5 nitrogen and oxygen atoms in total. The van der Waals surface area contributed by atoms with Crippen molar-refractivity contribution in [3.8, 4) is 0 Å². The Kier molecular flexibility index (Phi) is 3.78. The number of nitrogens with zero attached hydrogens (tertiary/aromatic N) is 1. The molecular weight excluding hydrogens is 292 g/mol. The number of aromatic nitrogens is 1. The van der Waals surface area contributed by atoms with Crippen LogP contribution in [0.5, 0.6) is 0 Å². The zero-order chi connectivity index (χ0) is 16.6. The number of para-hydroxylation sites is 2. The molecule has 0 fully saturated rings. The van der Waals surface area contributed by atoms with Crippen LogP contribution in [-0.2, 0) is 4.79 Å².